The number of aryl methyl sites for hydroxylation is 1. The maximum absolute atomic E-state index is 11.6. The van der Waals surface area contributed by atoms with Crippen molar-refractivity contribution in [2.45, 2.75) is 25.8 Å². The van der Waals surface area contributed by atoms with Crippen LogP contribution in [-0.2, 0) is 11.2 Å². The molecule has 0 saturated carbocycles. The lowest BCUT2D eigenvalue weighted by atomic mass is 10.1. The van der Waals surface area contributed by atoms with Gasteiger partial charge in [-0.2, -0.15) is 0 Å². The second kappa shape index (κ2) is 4.84. The van der Waals surface area contributed by atoms with Gasteiger partial charge in [-0.25, -0.2) is 14.5 Å². The van der Waals surface area contributed by atoms with Crippen molar-refractivity contribution in [3.8, 4) is 0 Å². The molecule has 3 rings (SSSR count). The first-order valence-electron chi connectivity index (χ1n) is 6.47. The maximum atomic E-state index is 11.6. The summed E-state index contributed by atoms with van der Waals surface area (Å²) in [5, 5.41) is 4.30. The van der Waals surface area contributed by atoms with E-state index in [0.717, 1.165) is 18.7 Å². The van der Waals surface area contributed by atoms with Crippen LogP contribution in [0.1, 0.15) is 41.4 Å². The van der Waals surface area contributed by atoms with Crippen LogP contribution < -0.4 is 0 Å². The van der Waals surface area contributed by atoms with E-state index in [2.05, 4.69) is 22.2 Å². The smallest absolute Gasteiger partial charge is 0.378 e. The minimum absolute atomic E-state index is 0.164. The first-order valence-corrected chi connectivity index (χ1v) is 6.47. The Kier molecular flexibility index (Phi) is 3.03. The molecule has 5 heteroatoms. The lowest BCUT2D eigenvalue weighted by Crippen LogP contribution is -2.11. The third kappa shape index (κ3) is 2.12. The molecular weight excluding hydrogens is 242 g/mol. The van der Waals surface area contributed by atoms with Gasteiger partial charge in [-0.3, -0.25) is 0 Å². The fraction of sp³-hybridized carbons (Fsp3) is 0.357. The van der Waals surface area contributed by atoms with Gasteiger partial charge in [0.05, 0.1) is 12.6 Å². The average molecular weight is 257 g/mol. The van der Waals surface area contributed by atoms with Crippen molar-refractivity contribution in [1.29, 1.82) is 0 Å². The molecule has 0 radical (unpaired) electrons. The molecule has 19 heavy (non-hydrogen) atoms. The highest BCUT2D eigenvalue weighted by molar-refractivity contribution is 5.85. The summed E-state index contributed by atoms with van der Waals surface area (Å²) in [4.78, 5) is 15.9. The van der Waals surface area contributed by atoms with Crippen molar-refractivity contribution in [3.63, 3.8) is 0 Å². The third-order valence-corrected chi connectivity index (χ3v) is 3.28. The number of aromatic nitrogens is 3. The summed E-state index contributed by atoms with van der Waals surface area (Å²) >= 11 is 0. The van der Waals surface area contributed by atoms with Crippen LogP contribution in [0.5, 0.6) is 0 Å². The SMILES string of the molecule is CCOC(=O)c1nc2n(n1)[C@@H](c1ccccc1)CC2. The molecule has 0 saturated heterocycles. The van der Waals surface area contributed by atoms with Gasteiger partial charge in [0.1, 0.15) is 5.82 Å². The van der Waals surface area contributed by atoms with E-state index in [1.807, 2.05) is 22.9 Å². The van der Waals surface area contributed by atoms with E-state index in [9.17, 15) is 4.79 Å². The van der Waals surface area contributed by atoms with Gasteiger partial charge in [-0.15, -0.1) is 5.10 Å². The molecule has 5 nitrogen and oxygen atoms in total. The van der Waals surface area contributed by atoms with E-state index in [4.69, 9.17) is 4.74 Å². The first-order chi connectivity index (χ1) is 9.29. The first kappa shape index (κ1) is 11.9. The summed E-state index contributed by atoms with van der Waals surface area (Å²) in [5.41, 5.74) is 1.20. The molecule has 0 unspecified atom stereocenters. The molecule has 1 aliphatic rings. The number of benzene rings is 1. The molecule has 1 aromatic carbocycles. The van der Waals surface area contributed by atoms with Gasteiger partial charge in [0.2, 0.25) is 0 Å². The summed E-state index contributed by atoms with van der Waals surface area (Å²) in [6.07, 6.45) is 1.81. The maximum Gasteiger partial charge on any atom is 0.378 e. The highest BCUT2D eigenvalue weighted by Gasteiger charge is 2.28. The summed E-state index contributed by atoms with van der Waals surface area (Å²) < 4.78 is 6.78. The quantitative estimate of drug-likeness (QED) is 0.789. The Morgan fingerprint density at radius 1 is 1.42 bits per heavy atom. The van der Waals surface area contributed by atoms with E-state index in [1.54, 1.807) is 6.92 Å². The van der Waals surface area contributed by atoms with Gasteiger partial charge in [0.15, 0.2) is 0 Å². The Morgan fingerprint density at radius 2 is 2.21 bits per heavy atom. The molecule has 1 aliphatic heterocycles. The summed E-state index contributed by atoms with van der Waals surface area (Å²) in [6, 6.07) is 10.3. The van der Waals surface area contributed by atoms with E-state index in [1.165, 1.54) is 5.56 Å². The Labute approximate surface area is 111 Å². The molecule has 1 atom stereocenters. The minimum atomic E-state index is -0.448. The van der Waals surface area contributed by atoms with E-state index in [0.29, 0.717) is 6.61 Å². The largest absolute Gasteiger partial charge is 0.460 e. The Balaban J connectivity index is 1.90. The van der Waals surface area contributed by atoms with Crippen molar-refractivity contribution >= 4 is 5.97 Å². The van der Waals surface area contributed by atoms with E-state index >= 15 is 0 Å². The average Bonchev–Trinajstić information content (AvgIpc) is 2.99. The van der Waals surface area contributed by atoms with Gasteiger partial charge in [-0.05, 0) is 18.9 Å². The van der Waals surface area contributed by atoms with Gasteiger partial charge in [-0.1, -0.05) is 30.3 Å². The van der Waals surface area contributed by atoms with Crippen LogP contribution in [0.2, 0.25) is 0 Å². The molecule has 0 N–H and O–H groups in total. The van der Waals surface area contributed by atoms with Crippen molar-refractivity contribution in [2.75, 3.05) is 6.61 Å². The van der Waals surface area contributed by atoms with Crippen molar-refractivity contribution in [3.05, 3.63) is 47.5 Å². The fourth-order valence-corrected chi connectivity index (χ4v) is 2.43. The van der Waals surface area contributed by atoms with Crippen LogP contribution in [0.3, 0.4) is 0 Å². The van der Waals surface area contributed by atoms with Crippen LogP contribution in [0.25, 0.3) is 0 Å². The zero-order chi connectivity index (χ0) is 13.2. The number of carbonyl (C=O) groups is 1. The number of rotatable bonds is 3. The van der Waals surface area contributed by atoms with Crippen LogP contribution in [0, 0.1) is 0 Å². The molecular formula is C14H15N3O2. The van der Waals surface area contributed by atoms with E-state index in [-0.39, 0.29) is 11.9 Å². The molecule has 98 valence electrons. The fourth-order valence-electron chi connectivity index (χ4n) is 2.43. The number of carbonyl (C=O) groups excluding carboxylic acids is 1. The van der Waals surface area contributed by atoms with Crippen molar-refractivity contribution < 1.29 is 9.53 Å². The van der Waals surface area contributed by atoms with Crippen LogP contribution in [0.4, 0.5) is 0 Å². The van der Waals surface area contributed by atoms with Crippen LogP contribution in [0.15, 0.2) is 30.3 Å². The summed E-state index contributed by atoms with van der Waals surface area (Å²) in [6.45, 7) is 2.11. The van der Waals surface area contributed by atoms with Crippen molar-refractivity contribution in [2.24, 2.45) is 0 Å². The van der Waals surface area contributed by atoms with Gasteiger partial charge in [0, 0.05) is 6.42 Å². The Hall–Kier alpha value is -2.17. The van der Waals surface area contributed by atoms with Gasteiger partial charge >= 0.3 is 5.97 Å². The zero-order valence-corrected chi connectivity index (χ0v) is 10.7. The van der Waals surface area contributed by atoms with Gasteiger partial charge in [0.25, 0.3) is 5.82 Å². The molecule has 2 aromatic rings. The lowest BCUT2D eigenvalue weighted by molar-refractivity contribution is 0.0511. The second-order valence-electron chi connectivity index (χ2n) is 4.48. The summed E-state index contributed by atoms with van der Waals surface area (Å²) in [7, 11) is 0. The molecule has 0 fully saturated rings. The Bertz CT molecular complexity index is 592. The minimum Gasteiger partial charge on any atom is -0.460 e. The number of hydrogen-bond donors (Lipinski definition) is 0. The number of esters is 1. The number of nitrogens with zero attached hydrogens (tertiary/aromatic N) is 3. The predicted octanol–water partition coefficient (Wildman–Crippen LogP) is 1.99. The molecule has 0 bridgehead atoms. The van der Waals surface area contributed by atoms with Gasteiger partial charge < -0.3 is 4.74 Å². The molecule has 0 amide bonds. The highest BCUT2D eigenvalue weighted by atomic mass is 16.5. The normalized spacial score (nSPS) is 17.2. The zero-order valence-electron chi connectivity index (χ0n) is 10.7. The monoisotopic (exact) mass is 257 g/mol. The van der Waals surface area contributed by atoms with Crippen molar-refractivity contribution in [1.82, 2.24) is 14.8 Å². The highest BCUT2D eigenvalue weighted by Crippen LogP contribution is 2.30. The van der Waals surface area contributed by atoms with Crippen LogP contribution in [-0.4, -0.2) is 27.3 Å². The predicted molar refractivity (Wildman–Crippen MR) is 68.9 cm³/mol. The van der Waals surface area contributed by atoms with E-state index < -0.39 is 5.97 Å². The summed E-state index contributed by atoms with van der Waals surface area (Å²) in [5.74, 6) is 0.575. The number of fused-ring (bicyclic) bond motifs is 1. The molecule has 2 heterocycles. The third-order valence-electron chi connectivity index (χ3n) is 3.28. The molecule has 0 spiro atoms. The topological polar surface area (TPSA) is 57.0 Å². The standard InChI is InChI=1S/C14H15N3O2/c1-2-19-14(18)13-15-12-9-8-11(17(12)16-13)10-6-4-3-5-7-10/h3-7,11H,2,8-9H2,1H3/t11-/m1/s1. The lowest BCUT2D eigenvalue weighted by Gasteiger charge is -2.11. The second-order valence-corrected chi connectivity index (χ2v) is 4.48. The van der Waals surface area contributed by atoms with Crippen LogP contribution >= 0.6 is 0 Å². The molecule has 0 aliphatic carbocycles. The number of ether oxygens (including phenoxy) is 1. The molecule has 1 aromatic heterocycles. The Morgan fingerprint density at radius 3 is 2.95 bits per heavy atom. The number of hydrogen-bond acceptors (Lipinski definition) is 4.